The summed E-state index contributed by atoms with van der Waals surface area (Å²) >= 11 is 0. The van der Waals surface area contributed by atoms with Crippen LogP contribution in [0.2, 0.25) is 0 Å². The standard InChI is InChI=1S/C20H27N5O11P2S/c21-39(33,34)13-3-1-12(2-4-13)5-7-22-18-14-6-8-25(19(14)24-10-23-18)20-17(27)16(26)15(36-20)9-35-38(31,32)11-37(28,29)30/h1-4,6,8,10,15-17,20,26-27H,5,7,9,11H2,(H,31,32)(H2,21,33,34)(H,22,23,24)(H2,28,29,30). The van der Waals surface area contributed by atoms with Gasteiger partial charge in [0.1, 0.15) is 36.1 Å². The van der Waals surface area contributed by atoms with Crippen molar-refractivity contribution in [1.82, 2.24) is 14.5 Å². The van der Waals surface area contributed by atoms with Crippen LogP contribution in [0.1, 0.15) is 11.8 Å². The van der Waals surface area contributed by atoms with Gasteiger partial charge in [0.05, 0.1) is 16.9 Å². The first-order chi connectivity index (χ1) is 18.1. The molecule has 5 unspecified atom stereocenters. The smallest absolute Gasteiger partial charge is 0.340 e. The van der Waals surface area contributed by atoms with Gasteiger partial charge in [-0.3, -0.25) is 9.13 Å². The summed E-state index contributed by atoms with van der Waals surface area (Å²) in [4.78, 5) is 35.9. The van der Waals surface area contributed by atoms with Gasteiger partial charge in [-0.15, -0.1) is 0 Å². The monoisotopic (exact) mass is 607 g/mol. The molecule has 16 nitrogen and oxygen atoms in total. The summed E-state index contributed by atoms with van der Waals surface area (Å²) < 4.78 is 57.5. The maximum Gasteiger partial charge on any atom is 0.340 e. The highest BCUT2D eigenvalue weighted by Gasteiger charge is 2.45. The van der Waals surface area contributed by atoms with Gasteiger partial charge < -0.3 is 44.0 Å². The normalized spacial score (nSPS) is 23.6. The summed E-state index contributed by atoms with van der Waals surface area (Å²) in [7, 11) is -13.3. The molecule has 1 aliphatic rings. The summed E-state index contributed by atoms with van der Waals surface area (Å²) in [5, 5.41) is 29.8. The molecule has 8 N–H and O–H groups in total. The van der Waals surface area contributed by atoms with E-state index in [2.05, 4.69) is 15.3 Å². The lowest BCUT2D eigenvalue weighted by molar-refractivity contribution is -0.0481. The number of aromatic nitrogens is 3. The number of nitrogens with two attached hydrogens (primary N) is 1. The second kappa shape index (κ2) is 11.3. The minimum absolute atomic E-state index is 0.0137. The summed E-state index contributed by atoms with van der Waals surface area (Å²) in [6.45, 7) is -0.274. The molecule has 19 heteroatoms. The molecule has 39 heavy (non-hydrogen) atoms. The van der Waals surface area contributed by atoms with Gasteiger partial charge in [-0.2, -0.15) is 0 Å². The largest absolute Gasteiger partial charge is 0.387 e. The van der Waals surface area contributed by atoms with Gasteiger partial charge in [0.15, 0.2) is 12.1 Å². The number of rotatable bonds is 11. The summed E-state index contributed by atoms with van der Waals surface area (Å²) in [5.74, 6) is -0.934. The van der Waals surface area contributed by atoms with Crippen LogP contribution in [0.5, 0.6) is 0 Å². The van der Waals surface area contributed by atoms with E-state index in [-0.39, 0.29) is 4.90 Å². The fourth-order valence-corrected chi connectivity index (χ4v) is 7.13. The molecule has 4 rings (SSSR count). The topological polar surface area (TPSA) is 257 Å². The number of fused-ring (bicyclic) bond motifs is 1. The van der Waals surface area contributed by atoms with Crippen LogP contribution in [-0.2, 0) is 34.8 Å². The van der Waals surface area contributed by atoms with E-state index in [1.54, 1.807) is 24.4 Å². The zero-order chi connectivity index (χ0) is 28.6. The fourth-order valence-electron chi connectivity index (χ4n) is 4.05. The Labute approximate surface area is 222 Å². The third kappa shape index (κ3) is 7.28. The Bertz CT molecular complexity index is 1530. The molecular weight excluding hydrogens is 580 g/mol. The molecule has 0 aliphatic carbocycles. The average Bonchev–Trinajstić information content (AvgIpc) is 3.38. The molecule has 5 atom stereocenters. The van der Waals surface area contributed by atoms with E-state index < -0.39 is 62.3 Å². The maximum absolute atomic E-state index is 11.9. The van der Waals surface area contributed by atoms with Crippen LogP contribution in [-0.4, -0.2) is 85.2 Å². The number of nitrogens with one attached hydrogen (secondary N) is 1. The number of nitrogens with zero attached hydrogens (tertiary/aromatic N) is 3. The predicted octanol–water partition coefficient (Wildman–Crippen LogP) is -0.310. The van der Waals surface area contributed by atoms with Gasteiger partial charge in [0.2, 0.25) is 10.0 Å². The highest BCUT2D eigenvalue weighted by atomic mass is 32.2. The van der Waals surface area contributed by atoms with Crippen molar-refractivity contribution >= 4 is 42.1 Å². The number of aliphatic hydroxyl groups excluding tert-OH is 2. The van der Waals surface area contributed by atoms with Crippen LogP contribution < -0.4 is 10.5 Å². The van der Waals surface area contributed by atoms with Crippen molar-refractivity contribution in [2.24, 2.45) is 5.14 Å². The molecule has 1 fully saturated rings. The van der Waals surface area contributed by atoms with Crippen molar-refractivity contribution in [2.75, 3.05) is 24.4 Å². The number of hydrogen-bond acceptors (Lipinski definition) is 11. The molecule has 214 valence electrons. The SMILES string of the molecule is NS(=O)(=O)c1ccc(CCNc2ncnc3c2ccn3C2OC(COP(=O)(O)CP(=O)(O)O)C(O)C2O)cc1. The molecule has 0 saturated carbocycles. The summed E-state index contributed by atoms with van der Waals surface area (Å²) in [5.41, 5.74) is 1.20. The lowest BCUT2D eigenvalue weighted by Gasteiger charge is -2.18. The van der Waals surface area contributed by atoms with Gasteiger partial charge in [0.25, 0.3) is 0 Å². The number of benzene rings is 1. The van der Waals surface area contributed by atoms with Crippen LogP contribution in [0, 0.1) is 0 Å². The van der Waals surface area contributed by atoms with Gasteiger partial charge in [-0.05, 0) is 30.2 Å². The van der Waals surface area contributed by atoms with E-state index in [0.717, 1.165) is 5.56 Å². The van der Waals surface area contributed by atoms with Crippen LogP contribution in [0.15, 0.2) is 47.8 Å². The van der Waals surface area contributed by atoms with E-state index in [0.29, 0.717) is 29.8 Å². The summed E-state index contributed by atoms with van der Waals surface area (Å²) in [6, 6.07) is 7.81. The first kappa shape index (κ1) is 29.7. The molecule has 0 radical (unpaired) electrons. The van der Waals surface area contributed by atoms with E-state index in [4.69, 9.17) is 24.2 Å². The van der Waals surface area contributed by atoms with Crippen LogP contribution >= 0.6 is 15.2 Å². The second-order valence-corrected chi connectivity index (χ2v) is 14.4. The van der Waals surface area contributed by atoms with E-state index >= 15 is 0 Å². The van der Waals surface area contributed by atoms with Crippen molar-refractivity contribution in [2.45, 2.75) is 35.9 Å². The van der Waals surface area contributed by atoms with Crippen LogP contribution in [0.25, 0.3) is 11.0 Å². The van der Waals surface area contributed by atoms with Crippen molar-refractivity contribution in [3.05, 3.63) is 48.4 Å². The molecule has 0 amide bonds. The third-order valence-electron chi connectivity index (χ3n) is 5.88. The molecule has 3 heterocycles. The highest BCUT2D eigenvalue weighted by Crippen LogP contribution is 2.55. The van der Waals surface area contributed by atoms with Gasteiger partial charge >= 0.3 is 15.2 Å². The molecule has 0 bridgehead atoms. The number of sulfonamides is 1. The Balaban J connectivity index is 1.42. The molecule has 1 aliphatic heterocycles. The number of aliphatic hydroxyl groups is 2. The lowest BCUT2D eigenvalue weighted by atomic mass is 10.1. The summed E-state index contributed by atoms with van der Waals surface area (Å²) in [6.07, 6.45) is -2.10. The third-order valence-corrected chi connectivity index (χ3v) is 10.3. The highest BCUT2D eigenvalue weighted by molar-refractivity contribution is 7.89. The molecule has 1 saturated heterocycles. The fraction of sp³-hybridized carbons (Fsp3) is 0.400. The van der Waals surface area contributed by atoms with Crippen molar-refractivity contribution in [3.8, 4) is 0 Å². The molecule has 1 aromatic carbocycles. The first-order valence-electron chi connectivity index (χ1n) is 11.3. The molecular formula is C20H27N5O11P2S. The number of hydrogen-bond donors (Lipinski definition) is 7. The molecule has 3 aromatic rings. The minimum atomic E-state index is -4.84. The van der Waals surface area contributed by atoms with Gasteiger partial charge in [-0.25, -0.2) is 23.5 Å². The Morgan fingerprint density at radius 2 is 1.77 bits per heavy atom. The Kier molecular flexibility index (Phi) is 8.61. The van der Waals surface area contributed by atoms with Crippen molar-refractivity contribution in [1.29, 1.82) is 0 Å². The molecule has 2 aromatic heterocycles. The number of anilines is 1. The first-order valence-corrected chi connectivity index (χ1v) is 16.4. The quantitative estimate of drug-likeness (QED) is 0.138. The Morgan fingerprint density at radius 3 is 2.41 bits per heavy atom. The zero-order valence-electron chi connectivity index (χ0n) is 20.1. The molecule has 0 spiro atoms. The lowest BCUT2D eigenvalue weighted by Crippen LogP contribution is -2.33. The Morgan fingerprint density at radius 1 is 1.08 bits per heavy atom. The van der Waals surface area contributed by atoms with Gasteiger partial charge in [0, 0.05) is 12.7 Å². The van der Waals surface area contributed by atoms with Crippen molar-refractivity contribution in [3.63, 3.8) is 0 Å². The maximum atomic E-state index is 11.9. The minimum Gasteiger partial charge on any atom is -0.387 e. The van der Waals surface area contributed by atoms with Crippen LogP contribution in [0.3, 0.4) is 0 Å². The van der Waals surface area contributed by atoms with E-state index in [1.165, 1.54) is 23.0 Å². The average molecular weight is 607 g/mol. The van der Waals surface area contributed by atoms with Gasteiger partial charge in [-0.1, -0.05) is 12.1 Å². The van der Waals surface area contributed by atoms with Crippen LogP contribution in [0.4, 0.5) is 5.82 Å². The predicted molar refractivity (Wildman–Crippen MR) is 136 cm³/mol. The van der Waals surface area contributed by atoms with E-state index in [9.17, 15) is 32.7 Å². The zero-order valence-corrected chi connectivity index (χ0v) is 22.7. The van der Waals surface area contributed by atoms with Crippen molar-refractivity contribution < 1.29 is 51.7 Å². The Hall–Kier alpha value is -2.27. The number of primary sulfonamides is 1. The van der Waals surface area contributed by atoms with E-state index in [1.807, 2.05) is 0 Å². The second-order valence-electron chi connectivity index (χ2n) is 8.83. The number of ether oxygens (including phenoxy) is 1.